The summed E-state index contributed by atoms with van der Waals surface area (Å²) in [4.78, 5) is 12.7. The van der Waals surface area contributed by atoms with Gasteiger partial charge in [-0.15, -0.1) is 11.8 Å². The number of carbonyl (C=O) groups excluding carboxylic acids is 1. The first kappa shape index (κ1) is 21.8. The van der Waals surface area contributed by atoms with Crippen molar-refractivity contribution in [2.24, 2.45) is 0 Å². The maximum absolute atomic E-state index is 12.1. The van der Waals surface area contributed by atoms with Crippen LogP contribution >= 0.6 is 23.5 Å². The van der Waals surface area contributed by atoms with E-state index in [9.17, 15) is 4.79 Å². The van der Waals surface area contributed by atoms with Crippen molar-refractivity contribution in [2.45, 2.75) is 39.3 Å². The molecule has 0 atom stereocenters. The Hall–Kier alpha value is -0.250. The standard InChI is InChI=1S/C16H28O6S2/c1-7-18-15(19-8-2)13(22-12(17)11-23-5)14(24-6)16(15,20-9-3)21-10-4/h7-11H2,1-6H3. The monoisotopic (exact) mass is 380 g/mol. The van der Waals surface area contributed by atoms with Gasteiger partial charge >= 0.3 is 5.97 Å². The first-order chi connectivity index (χ1) is 11.5. The summed E-state index contributed by atoms with van der Waals surface area (Å²) in [5, 5.41) is 0. The second kappa shape index (κ2) is 10.0. The molecule has 0 radical (unpaired) electrons. The molecular formula is C16H28O6S2. The maximum Gasteiger partial charge on any atom is 0.321 e. The van der Waals surface area contributed by atoms with Crippen LogP contribution in [0.2, 0.25) is 0 Å². The van der Waals surface area contributed by atoms with Gasteiger partial charge in [0.2, 0.25) is 0 Å². The van der Waals surface area contributed by atoms with E-state index in [1.807, 2.05) is 40.2 Å². The van der Waals surface area contributed by atoms with Crippen molar-refractivity contribution < 1.29 is 28.5 Å². The molecule has 8 heteroatoms. The summed E-state index contributed by atoms with van der Waals surface area (Å²) in [7, 11) is 0. The van der Waals surface area contributed by atoms with E-state index in [0.29, 0.717) is 37.1 Å². The zero-order chi connectivity index (χ0) is 18.2. The second-order valence-electron chi connectivity index (χ2n) is 4.73. The first-order valence-electron chi connectivity index (χ1n) is 8.07. The van der Waals surface area contributed by atoms with Crippen LogP contribution in [0.5, 0.6) is 0 Å². The molecule has 0 heterocycles. The van der Waals surface area contributed by atoms with Gasteiger partial charge in [-0.25, -0.2) is 0 Å². The van der Waals surface area contributed by atoms with Crippen molar-refractivity contribution in [3.05, 3.63) is 10.7 Å². The highest BCUT2D eigenvalue weighted by Gasteiger charge is 2.73. The summed E-state index contributed by atoms with van der Waals surface area (Å²) >= 11 is 2.80. The number of hydrogen-bond donors (Lipinski definition) is 0. The van der Waals surface area contributed by atoms with Crippen LogP contribution < -0.4 is 0 Å². The topological polar surface area (TPSA) is 63.2 Å². The summed E-state index contributed by atoms with van der Waals surface area (Å²) in [5.74, 6) is -2.38. The van der Waals surface area contributed by atoms with E-state index in [2.05, 4.69) is 0 Å². The van der Waals surface area contributed by atoms with Crippen molar-refractivity contribution in [1.82, 2.24) is 0 Å². The molecule has 0 aromatic rings. The van der Waals surface area contributed by atoms with Crippen molar-refractivity contribution in [2.75, 3.05) is 44.7 Å². The average Bonchev–Trinajstić information content (AvgIpc) is 2.54. The van der Waals surface area contributed by atoms with Crippen LogP contribution in [-0.2, 0) is 28.5 Å². The van der Waals surface area contributed by atoms with E-state index in [-0.39, 0.29) is 11.7 Å². The number of thioether (sulfide) groups is 2. The van der Waals surface area contributed by atoms with Gasteiger partial charge in [0, 0.05) is 26.4 Å². The van der Waals surface area contributed by atoms with Crippen LogP contribution in [0.4, 0.5) is 0 Å². The summed E-state index contributed by atoms with van der Waals surface area (Å²) in [5.41, 5.74) is 0. The molecule has 0 unspecified atom stereocenters. The van der Waals surface area contributed by atoms with Gasteiger partial charge in [0.1, 0.15) is 0 Å². The lowest BCUT2D eigenvalue weighted by atomic mass is 9.88. The van der Waals surface area contributed by atoms with Crippen LogP contribution in [0.3, 0.4) is 0 Å². The quantitative estimate of drug-likeness (QED) is 0.378. The lowest BCUT2D eigenvalue weighted by Crippen LogP contribution is -2.70. The number of esters is 1. The molecule has 1 aliphatic rings. The Morgan fingerprint density at radius 1 is 0.875 bits per heavy atom. The van der Waals surface area contributed by atoms with Crippen LogP contribution in [0.15, 0.2) is 10.7 Å². The van der Waals surface area contributed by atoms with Crippen molar-refractivity contribution in [1.29, 1.82) is 0 Å². The Bertz CT molecular complexity index is 440. The highest BCUT2D eigenvalue weighted by molar-refractivity contribution is 8.02. The minimum atomic E-state index is -1.38. The molecule has 0 spiro atoms. The van der Waals surface area contributed by atoms with Crippen LogP contribution in [-0.4, -0.2) is 62.2 Å². The average molecular weight is 381 g/mol. The Labute approximate surface area is 152 Å². The normalized spacial score (nSPS) is 18.4. The lowest BCUT2D eigenvalue weighted by Gasteiger charge is -2.55. The number of hydrogen-bond acceptors (Lipinski definition) is 8. The zero-order valence-corrected chi connectivity index (χ0v) is 16.9. The van der Waals surface area contributed by atoms with Gasteiger partial charge in [-0.05, 0) is 40.2 Å². The third-order valence-electron chi connectivity index (χ3n) is 3.31. The third-order valence-corrected chi connectivity index (χ3v) is 4.70. The van der Waals surface area contributed by atoms with E-state index in [0.717, 1.165) is 0 Å². The van der Waals surface area contributed by atoms with E-state index < -0.39 is 11.6 Å². The van der Waals surface area contributed by atoms with Gasteiger partial charge in [-0.1, -0.05) is 0 Å². The predicted octanol–water partition coefficient (Wildman–Crippen LogP) is 3.02. The molecule has 6 nitrogen and oxygen atoms in total. The van der Waals surface area contributed by atoms with E-state index in [4.69, 9.17) is 23.7 Å². The molecule has 24 heavy (non-hydrogen) atoms. The fourth-order valence-corrected chi connectivity index (χ4v) is 3.85. The molecule has 0 aliphatic heterocycles. The van der Waals surface area contributed by atoms with Crippen LogP contribution in [0.1, 0.15) is 27.7 Å². The molecule has 1 aliphatic carbocycles. The predicted molar refractivity (Wildman–Crippen MR) is 97.0 cm³/mol. The fraction of sp³-hybridized carbons (Fsp3) is 0.812. The van der Waals surface area contributed by atoms with Crippen LogP contribution in [0, 0.1) is 0 Å². The van der Waals surface area contributed by atoms with Crippen molar-refractivity contribution >= 4 is 29.5 Å². The lowest BCUT2D eigenvalue weighted by molar-refractivity contribution is -0.402. The smallest absolute Gasteiger partial charge is 0.321 e. The summed E-state index contributed by atoms with van der Waals surface area (Å²) in [6, 6.07) is 0. The Kier molecular flexibility index (Phi) is 9.11. The van der Waals surface area contributed by atoms with Gasteiger partial charge in [-0.3, -0.25) is 4.79 Å². The molecule has 0 saturated heterocycles. The second-order valence-corrected chi connectivity index (χ2v) is 6.42. The SMILES string of the molecule is CCOC1(OCC)C(OC(=O)CSC)=C(SC)C1(OCC)OCC. The van der Waals surface area contributed by atoms with E-state index in [1.54, 1.807) is 0 Å². The van der Waals surface area contributed by atoms with Gasteiger partial charge in [-0.2, -0.15) is 11.8 Å². The highest BCUT2D eigenvalue weighted by atomic mass is 32.2. The molecule has 0 bridgehead atoms. The van der Waals surface area contributed by atoms with Crippen molar-refractivity contribution in [3.8, 4) is 0 Å². The van der Waals surface area contributed by atoms with Gasteiger partial charge in [0.05, 0.1) is 10.7 Å². The molecule has 0 amide bonds. The maximum atomic E-state index is 12.1. The van der Waals surface area contributed by atoms with E-state index in [1.165, 1.54) is 23.5 Å². The molecule has 1 rings (SSSR count). The molecule has 0 aromatic carbocycles. The Balaban J connectivity index is 3.40. The van der Waals surface area contributed by atoms with Gasteiger partial charge in [0.15, 0.2) is 5.76 Å². The molecular weight excluding hydrogens is 352 g/mol. The molecule has 0 saturated carbocycles. The molecule has 0 fully saturated rings. The number of rotatable bonds is 12. The minimum absolute atomic E-state index is 0.246. The van der Waals surface area contributed by atoms with Gasteiger partial charge < -0.3 is 23.7 Å². The fourth-order valence-electron chi connectivity index (χ4n) is 2.68. The minimum Gasteiger partial charge on any atom is -0.423 e. The Morgan fingerprint density at radius 2 is 1.33 bits per heavy atom. The molecule has 0 aromatic heterocycles. The molecule has 0 N–H and O–H groups in total. The molecule has 140 valence electrons. The first-order valence-corrected chi connectivity index (χ1v) is 10.7. The zero-order valence-electron chi connectivity index (χ0n) is 15.3. The van der Waals surface area contributed by atoms with Crippen molar-refractivity contribution in [3.63, 3.8) is 0 Å². The summed E-state index contributed by atoms with van der Waals surface area (Å²) in [6.07, 6.45) is 3.72. The summed E-state index contributed by atoms with van der Waals surface area (Å²) in [6.45, 7) is 8.96. The number of carbonyl (C=O) groups is 1. The van der Waals surface area contributed by atoms with E-state index >= 15 is 0 Å². The summed E-state index contributed by atoms with van der Waals surface area (Å²) < 4.78 is 29.3. The highest BCUT2D eigenvalue weighted by Crippen LogP contribution is 2.58. The van der Waals surface area contributed by atoms with Gasteiger partial charge in [0.25, 0.3) is 11.6 Å². The Morgan fingerprint density at radius 3 is 1.71 bits per heavy atom. The number of ether oxygens (including phenoxy) is 5. The largest absolute Gasteiger partial charge is 0.423 e. The third kappa shape index (κ3) is 3.78. The van der Waals surface area contributed by atoms with Crippen LogP contribution in [0.25, 0.3) is 0 Å².